The molecule has 32 heavy (non-hydrogen) atoms. The van der Waals surface area contributed by atoms with Crippen molar-refractivity contribution in [1.29, 1.82) is 0 Å². The normalized spacial score (nSPS) is 13.5. The monoisotopic (exact) mass is 461 g/mol. The van der Waals surface area contributed by atoms with E-state index in [1.54, 1.807) is 35.3 Å². The van der Waals surface area contributed by atoms with Crippen molar-refractivity contribution in [2.75, 3.05) is 50.5 Å². The minimum Gasteiger partial charge on any atom is -0.495 e. The summed E-state index contributed by atoms with van der Waals surface area (Å²) in [6, 6.07) is 5.25. The van der Waals surface area contributed by atoms with Crippen molar-refractivity contribution >= 4 is 40.2 Å². The van der Waals surface area contributed by atoms with E-state index in [4.69, 9.17) is 9.47 Å². The SMILES string of the molecule is CCOC(=O)N1CCN(C(=O)Nc2nc(CC(=O)Nc3cc(C)ccc3OC)cs2)CC1. The van der Waals surface area contributed by atoms with E-state index < -0.39 is 0 Å². The molecule has 1 saturated heterocycles. The second kappa shape index (κ2) is 10.8. The molecule has 1 aromatic heterocycles. The summed E-state index contributed by atoms with van der Waals surface area (Å²) in [6.07, 6.45) is -0.291. The number of aromatic nitrogens is 1. The summed E-state index contributed by atoms with van der Waals surface area (Å²) in [5.74, 6) is 0.352. The van der Waals surface area contributed by atoms with Gasteiger partial charge in [0.2, 0.25) is 5.91 Å². The van der Waals surface area contributed by atoms with Crippen LogP contribution in [0.25, 0.3) is 0 Å². The van der Waals surface area contributed by atoms with Crippen LogP contribution in [0.1, 0.15) is 18.2 Å². The van der Waals surface area contributed by atoms with Gasteiger partial charge in [-0.1, -0.05) is 6.07 Å². The lowest BCUT2D eigenvalue weighted by molar-refractivity contribution is -0.115. The van der Waals surface area contributed by atoms with Crippen LogP contribution in [0, 0.1) is 6.92 Å². The number of hydrogen-bond acceptors (Lipinski definition) is 7. The molecular formula is C21H27N5O5S. The smallest absolute Gasteiger partial charge is 0.409 e. The van der Waals surface area contributed by atoms with Crippen molar-refractivity contribution in [2.45, 2.75) is 20.3 Å². The molecule has 11 heteroatoms. The van der Waals surface area contributed by atoms with Gasteiger partial charge in [-0.05, 0) is 31.5 Å². The van der Waals surface area contributed by atoms with Gasteiger partial charge >= 0.3 is 12.1 Å². The third kappa shape index (κ3) is 6.10. The van der Waals surface area contributed by atoms with Gasteiger partial charge in [0, 0.05) is 31.6 Å². The Morgan fingerprint density at radius 2 is 1.84 bits per heavy atom. The number of benzene rings is 1. The first-order valence-corrected chi connectivity index (χ1v) is 11.1. The van der Waals surface area contributed by atoms with Crippen molar-refractivity contribution in [3.63, 3.8) is 0 Å². The average molecular weight is 462 g/mol. The maximum Gasteiger partial charge on any atom is 0.409 e. The Morgan fingerprint density at radius 1 is 1.12 bits per heavy atom. The molecule has 1 aliphatic heterocycles. The topological polar surface area (TPSA) is 113 Å². The molecule has 0 saturated carbocycles. The number of nitrogens with one attached hydrogen (secondary N) is 2. The highest BCUT2D eigenvalue weighted by Crippen LogP contribution is 2.25. The van der Waals surface area contributed by atoms with Crippen molar-refractivity contribution < 1.29 is 23.9 Å². The highest BCUT2D eigenvalue weighted by Gasteiger charge is 2.25. The first-order chi connectivity index (χ1) is 15.4. The molecule has 0 aliphatic carbocycles. The van der Waals surface area contributed by atoms with Crippen LogP contribution in [-0.2, 0) is 16.0 Å². The number of hydrogen-bond donors (Lipinski definition) is 2. The van der Waals surface area contributed by atoms with Crippen molar-refractivity contribution in [1.82, 2.24) is 14.8 Å². The summed E-state index contributed by atoms with van der Waals surface area (Å²) < 4.78 is 10.3. The molecule has 2 heterocycles. The molecule has 0 radical (unpaired) electrons. The van der Waals surface area contributed by atoms with Gasteiger partial charge in [0.15, 0.2) is 5.13 Å². The Balaban J connectivity index is 1.50. The Labute approximate surface area is 190 Å². The summed E-state index contributed by atoms with van der Waals surface area (Å²) in [5, 5.41) is 7.75. The number of ether oxygens (including phenoxy) is 2. The van der Waals surface area contributed by atoms with Gasteiger partial charge in [-0.25, -0.2) is 14.6 Å². The first kappa shape index (κ1) is 23.3. The zero-order valence-electron chi connectivity index (χ0n) is 18.3. The highest BCUT2D eigenvalue weighted by atomic mass is 32.1. The fourth-order valence-electron chi connectivity index (χ4n) is 3.20. The Hall–Kier alpha value is -3.34. The predicted molar refractivity (Wildman–Crippen MR) is 121 cm³/mol. The molecule has 1 aromatic carbocycles. The Bertz CT molecular complexity index is 971. The van der Waals surface area contributed by atoms with Crippen LogP contribution < -0.4 is 15.4 Å². The summed E-state index contributed by atoms with van der Waals surface area (Å²) in [7, 11) is 1.55. The number of piperazine rings is 1. The minimum atomic E-state index is -0.362. The predicted octanol–water partition coefficient (Wildman–Crippen LogP) is 2.95. The molecule has 2 aromatic rings. The van der Waals surface area contributed by atoms with E-state index >= 15 is 0 Å². The number of nitrogens with zero attached hydrogens (tertiary/aromatic N) is 3. The van der Waals surface area contributed by atoms with E-state index in [-0.39, 0.29) is 24.5 Å². The number of carbonyl (C=O) groups excluding carboxylic acids is 3. The lowest BCUT2D eigenvalue weighted by Crippen LogP contribution is -2.51. The van der Waals surface area contributed by atoms with E-state index in [9.17, 15) is 14.4 Å². The van der Waals surface area contributed by atoms with E-state index in [1.165, 1.54) is 11.3 Å². The van der Waals surface area contributed by atoms with Crippen LogP contribution in [0.5, 0.6) is 5.75 Å². The molecule has 0 spiro atoms. The second-order valence-corrected chi connectivity index (χ2v) is 8.03. The van der Waals surface area contributed by atoms with Gasteiger partial charge < -0.3 is 24.6 Å². The molecule has 10 nitrogen and oxygen atoms in total. The molecule has 3 rings (SSSR count). The zero-order chi connectivity index (χ0) is 23.1. The average Bonchev–Trinajstić information content (AvgIpc) is 3.20. The number of anilines is 2. The van der Waals surface area contributed by atoms with Crippen LogP contribution >= 0.6 is 11.3 Å². The van der Waals surface area contributed by atoms with Crippen molar-refractivity contribution in [2.24, 2.45) is 0 Å². The number of amides is 4. The van der Waals surface area contributed by atoms with Crippen molar-refractivity contribution in [3.8, 4) is 5.75 Å². The fraction of sp³-hybridized carbons (Fsp3) is 0.429. The van der Waals surface area contributed by atoms with E-state index in [1.807, 2.05) is 19.1 Å². The molecule has 0 atom stereocenters. The number of rotatable bonds is 6. The molecule has 4 amide bonds. The third-order valence-electron chi connectivity index (χ3n) is 4.83. The lowest BCUT2D eigenvalue weighted by atomic mass is 10.2. The van der Waals surface area contributed by atoms with E-state index in [0.717, 1.165) is 5.56 Å². The lowest BCUT2D eigenvalue weighted by Gasteiger charge is -2.33. The first-order valence-electron chi connectivity index (χ1n) is 10.3. The molecule has 0 bridgehead atoms. The van der Waals surface area contributed by atoms with Gasteiger partial charge in [0.1, 0.15) is 5.75 Å². The van der Waals surface area contributed by atoms with Crippen LogP contribution in [0.2, 0.25) is 0 Å². The van der Waals surface area contributed by atoms with Gasteiger partial charge in [-0.2, -0.15) is 0 Å². The zero-order valence-corrected chi connectivity index (χ0v) is 19.2. The summed E-state index contributed by atoms with van der Waals surface area (Å²) in [5.41, 5.74) is 2.16. The van der Waals surface area contributed by atoms with Crippen LogP contribution in [0.4, 0.5) is 20.4 Å². The third-order valence-corrected chi connectivity index (χ3v) is 5.64. The number of methoxy groups -OCH3 is 1. The standard InChI is InChI=1S/C21H27N5O5S/c1-4-31-21(29)26-9-7-25(8-10-26)20(28)24-19-22-15(13-32-19)12-18(27)23-16-11-14(2)5-6-17(16)30-3/h5-6,11,13H,4,7-10,12H2,1-3H3,(H,23,27)(H,22,24,28). The molecule has 0 unspecified atom stereocenters. The number of urea groups is 1. The Kier molecular flexibility index (Phi) is 7.87. The van der Waals surface area contributed by atoms with Gasteiger partial charge in [-0.3, -0.25) is 10.1 Å². The number of carbonyl (C=O) groups is 3. The molecule has 1 fully saturated rings. The van der Waals surface area contributed by atoms with Crippen LogP contribution in [-0.4, -0.2) is 72.7 Å². The quantitative estimate of drug-likeness (QED) is 0.684. The molecule has 172 valence electrons. The van der Waals surface area contributed by atoms with Crippen LogP contribution in [0.3, 0.4) is 0 Å². The minimum absolute atomic E-state index is 0.0711. The summed E-state index contributed by atoms with van der Waals surface area (Å²) in [4.78, 5) is 44.2. The van der Waals surface area contributed by atoms with E-state index in [0.29, 0.717) is 55.0 Å². The number of thiazole rings is 1. The summed E-state index contributed by atoms with van der Waals surface area (Å²) in [6.45, 7) is 5.65. The molecule has 1 aliphatic rings. The fourth-order valence-corrected chi connectivity index (χ4v) is 3.90. The summed E-state index contributed by atoms with van der Waals surface area (Å²) >= 11 is 1.25. The maximum absolute atomic E-state index is 12.5. The van der Waals surface area contributed by atoms with Crippen molar-refractivity contribution in [3.05, 3.63) is 34.8 Å². The largest absolute Gasteiger partial charge is 0.495 e. The maximum atomic E-state index is 12.5. The van der Waals surface area contributed by atoms with Gasteiger partial charge in [0.05, 0.1) is 31.5 Å². The number of aryl methyl sites for hydroxylation is 1. The van der Waals surface area contributed by atoms with Crippen LogP contribution in [0.15, 0.2) is 23.6 Å². The molecular weight excluding hydrogens is 434 g/mol. The van der Waals surface area contributed by atoms with Gasteiger partial charge in [0.25, 0.3) is 0 Å². The van der Waals surface area contributed by atoms with E-state index in [2.05, 4.69) is 15.6 Å². The Morgan fingerprint density at radius 3 is 2.53 bits per heavy atom. The second-order valence-electron chi connectivity index (χ2n) is 7.18. The van der Waals surface area contributed by atoms with Gasteiger partial charge in [-0.15, -0.1) is 11.3 Å². The molecule has 2 N–H and O–H groups in total. The highest BCUT2D eigenvalue weighted by molar-refractivity contribution is 7.13.